The molecule has 4 N–H and O–H groups in total. The van der Waals surface area contributed by atoms with Crippen LogP contribution in [0.15, 0.2) is 24.4 Å². The van der Waals surface area contributed by atoms with Gasteiger partial charge in [-0.25, -0.2) is 4.39 Å². The molecule has 2 aromatic rings. The number of methoxy groups -OCH3 is 1. The van der Waals surface area contributed by atoms with Gasteiger partial charge >= 0.3 is 0 Å². The number of halogens is 1. The second kappa shape index (κ2) is 4.42. The highest BCUT2D eigenvalue weighted by Crippen LogP contribution is 2.28. The van der Waals surface area contributed by atoms with E-state index in [1.807, 2.05) is 0 Å². The Hall–Kier alpha value is -2.08. The summed E-state index contributed by atoms with van der Waals surface area (Å²) in [5.41, 5.74) is 6.03. The summed E-state index contributed by atoms with van der Waals surface area (Å²) in [5.74, 6) is 0.0452. The number of H-pyrrole nitrogens is 1. The highest BCUT2D eigenvalue weighted by molar-refractivity contribution is 5.44. The maximum atomic E-state index is 13.7. The lowest BCUT2D eigenvalue weighted by atomic mass is 10.0. The summed E-state index contributed by atoms with van der Waals surface area (Å²) in [4.78, 5) is 0. The highest BCUT2D eigenvalue weighted by Gasteiger charge is 2.19. The number of aliphatic hydroxyl groups is 1. The molecule has 1 unspecified atom stereocenters. The second-order valence-electron chi connectivity index (χ2n) is 3.53. The Morgan fingerprint density at radius 3 is 2.76 bits per heavy atom. The van der Waals surface area contributed by atoms with Gasteiger partial charge in [0, 0.05) is 17.2 Å². The van der Waals surface area contributed by atoms with Crippen LogP contribution in [0.25, 0.3) is 0 Å². The number of aliphatic hydroxyl groups excluding tert-OH is 1. The summed E-state index contributed by atoms with van der Waals surface area (Å²) in [7, 11) is 1.44. The number of rotatable bonds is 3. The third-order valence-corrected chi connectivity index (χ3v) is 2.50. The van der Waals surface area contributed by atoms with Crippen LogP contribution in [0.5, 0.6) is 5.75 Å². The van der Waals surface area contributed by atoms with Crippen LogP contribution in [0.3, 0.4) is 0 Å². The molecule has 2 rings (SSSR count). The zero-order chi connectivity index (χ0) is 12.4. The van der Waals surface area contributed by atoms with E-state index in [0.717, 1.165) is 0 Å². The fraction of sp³-hybridized carbons (Fsp3) is 0.182. The molecule has 6 heteroatoms. The lowest BCUT2D eigenvalue weighted by molar-refractivity contribution is 0.215. The van der Waals surface area contributed by atoms with Crippen LogP contribution >= 0.6 is 0 Å². The predicted molar refractivity (Wildman–Crippen MR) is 60.0 cm³/mol. The number of nitrogen functional groups attached to an aromatic ring is 1. The number of hydrogen-bond acceptors (Lipinski definition) is 4. The van der Waals surface area contributed by atoms with E-state index in [1.54, 1.807) is 6.07 Å². The van der Waals surface area contributed by atoms with Crippen molar-refractivity contribution >= 4 is 5.82 Å². The quantitative estimate of drug-likeness (QED) is 0.749. The number of ether oxygens (including phenoxy) is 1. The van der Waals surface area contributed by atoms with Gasteiger partial charge in [0.1, 0.15) is 23.5 Å². The topological polar surface area (TPSA) is 84.2 Å². The molecular weight excluding hydrogens is 225 g/mol. The summed E-state index contributed by atoms with van der Waals surface area (Å²) in [6.45, 7) is 0. The molecule has 1 aromatic heterocycles. The zero-order valence-corrected chi connectivity index (χ0v) is 9.14. The number of nitrogens with two attached hydrogens (primary N) is 1. The third kappa shape index (κ3) is 2.07. The maximum absolute atomic E-state index is 13.7. The van der Waals surface area contributed by atoms with Crippen LogP contribution in [-0.4, -0.2) is 22.4 Å². The minimum atomic E-state index is -1.15. The SMILES string of the molecule is COc1ccc(C(O)c2cn[nH]c2N)c(F)c1. The highest BCUT2D eigenvalue weighted by atomic mass is 19.1. The van der Waals surface area contributed by atoms with Crippen molar-refractivity contribution in [3.8, 4) is 5.75 Å². The average Bonchev–Trinajstić information content (AvgIpc) is 2.74. The van der Waals surface area contributed by atoms with E-state index in [4.69, 9.17) is 10.5 Å². The van der Waals surface area contributed by atoms with Crippen LogP contribution in [0.1, 0.15) is 17.2 Å². The van der Waals surface area contributed by atoms with Gasteiger partial charge in [-0.05, 0) is 12.1 Å². The Labute approximate surface area is 97.0 Å². The third-order valence-electron chi connectivity index (χ3n) is 2.50. The van der Waals surface area contributed by atoms with Gasteiger partial charge in [-0.1, -0.05) is 0 Å². The molecule has 0 bridgehead atoms. The van der Waals surface area contributed by atoms with Crippen molar-refractivity contribution in [2.24, 2.45) is 0 Å². The number of nitrogens with one attached hydrogen (secondary N) is 1. The maximum Gasteiger partial charge on any atom is 0.133 e. The average molecular weight is 237 g/mol. The van der Waals surface area contributed by atoms with E-state index >= 15 is 0 Å². The van der Waals surface area contributed by atoms with Gasteiger partial charge in [0.2, 0.25) is 0 Å². The predicted octanol–water partition coefficient (Wildman–Crippen LogP) is 1.22. The molecule has 0 saturated carbocycles. The van der Waals surface area contributed by atoms with E-state index < -0.39 is 11.9 Å². The molecule has 0 saturated heterocycles. The van der Waals surface area contributed by atoms with Gasteiger partial charge in [-0.2, -0.15) is 5.10 Å². The van der Waals surface area contributed by atoms with Crippen molar-refractivity contribution in [1.29, 1.82) is 0 Å². The molecule has 1 aromatic carbocycles. The van der Waals surface area contributed by atoms with E-state index in [1.165, 1.54) is 25.4 Å². The smallest absolute Gasteiger partial charge is 0.133 e. The number of nitrogens with zero attached hydrogens (tertiary/aromatic N) is 1. The summed E-state index contributed by atoms with van der Waals surface area (Å²) in [5, 5.41) is 16.1. The molecule has 0 radical (unpaired) electrons. The molecule has 0 fully saturated rings. The molecule has 1 atom stereocenters. The first kappa shape index (κ1) is 11.4. The van der Waals surface area contributed by atoms with Crippen LogP contribution in [-0.2, 0) is 0 Å². The van der Waals surface area contributed by atoms with Crippen molar-refractivity contribution in [3.05, 3.63) is 41.3 Å². The standard InChI is InChI=1S/C11H12FN3O2/c1-17-6-2-3-7(9(12)4-6)10(16)8-5-14-15-11(8)13/h2-5,10,16H,1H3,(H3,13,14,15). The Morgan fingerprint density at radius 1 is 1.47 bits per heavy atom. The zero-order valence-electron chi connectivity index (χ0n) is 9.14. The number of benzene rings is 1. The number of aromatic nitrogens is 2. The summed E-state index contributed by atoms with van der Waals surface area (Å²) < 4.78 is 18.6. The first-order chi connectivity index (χ1) is 8.13. The molecule has 90 valence electrons. The van der Waals surface area contributed by atoms with E-state index in [0.29, 0.717) is 11.3 Å². The molecule has 0 spiro atoms. The summed E-state index contributed by atoms with van der Waals surface area (Å²) in [6.07, 6.45) is 0.212. The number of hydrogen-bond donors (Lipinski definition) is 3. The van der Waals surface area contributed by atoms with Gasteiger partial charge in [0.25, 0.3) is 0 Å². The largest absolute Gasteiger partial charge is 0.497 e. The normalized spacial score (nSPS) is 12.4. The van der Waals surface area contributed by atoms with Crippen molar-refractivity contribution in [2.75, 3.05) is 12.8 Å². The monoisotopic (exact) mass is 237 g/mol. The van der Waals surface area contributed by atoms with Gasteiger partial charge < -0.3 is 15.6 Å². The Balaban J connectivity index is 2.38. The van der Waals surface area contributed by atoms with Crippen molar-refractivity contribution in [2.45, 2.75) is 6.10 Å². The summed E-state index contributed by atoms with van der Waals surface area (Å²) in [6, 6.07) is 4.22. The molecule has 1 heterocycles. The first-order valence-electron chi connectivity index (χ1n) is 4.93. The van der Waals surface area contributed by atoms with E-state index in [9.17, 15) is 9.50 Å². The minimum Gasteiger partial charge on any atom is -0.497 e. The van der Waals surface area contributed by atoms with Gasteiger partial charge in [-0.3, -0.25) is 5.10 Å². The lowest BCUT2D eigenvalue weighted by Crippen LogP contribution is -2.04. The van der Waals surface area contributed by atoms with Gasteiger partial charge in [0.05, 0.1) is 13.3 Å². The van der Waals surface area contributed by atoms with Crippen molar-refractivity contribution < 1.29 is 14.2 Å². The van der Waals surface area contributed by atoms with Crippen LogP contribution in [0.2, 0.25) is 0 Å². The van der Waals surface area contributed by atoms with Gasteiger partial charge in [0.15, 0.2) is 0 Å². The molecule has 0 amide bonds. The molecule has 0 aliphatic carbocycles. The van der Waals surface area contributed by atoms with Crippen LogP contribution < -0.4 is 10.5 Å². The van der Waals surface area contributed by atoms with Gasteiger partial charge in [-0.15, -0.1) is 0 Å². The fourth-order valence-corrected chi connectivity index (χ4v) is 1.55. The second-order valence-corrected chi connectivity index (χ2v) is 3.53. The summed E-state index contributed by atoms with van der Waals surface area (Å²) >= 11 is 0. The Bertz CT molecular complexity index is 527. The molecule has 5 nitrogen and oxygen atoms in total. The molecule has 0 aliphatic heterocycles. The number of anilines is 1. The number of aromatic amines is 1. The van der Waals surface area contributed by atoms with Crippen molar-refractivity contribution in [1.82, 2.24) is 10.2 Å². The molecular formula is C11H12FN3O2. The van der Waals surface area contributed by atoms with Crippen LogP contribution in [0, 0.1) is 5.82 Å². The minimum absolute atomic E-state index is 0.124. The first-order valence-corrected chi connectivity index (χ1v) is 4.93. The van der Waals surface area contributed by atoms with E-state index in [2.05, 4.69) is 10.2 Å². The Morgan fingerprint density at radius 2 is 2.24 bits per heavy atom. The lowest BCUT2D eigenvalue weighted by Gasteiger charge is -2.11. The van der Waals surface area contributed by atoms with E-state index in [-0.39, 0.29) is 11.4 Å². The van der Waals surface area contributed by atoms with Crippen molar-refractivity contribution in [3.63, 3.8) is 0 Å². The van der Waals surface area contributed by atoms with Crippen LogP contribution in [0.4, 0.5) is 10.2 Å². The fourth-order valence-electron chi connectivity index (χ4n) is 1.55. The molecule has 17 heavy (non-hydrogen) atoms. The molecule has 0 aliphatic rings. The Kier molecular flexibility index (Phi) is 2.97.